The van der Waals surface area contributed by atoms with Crippen LogP contribution in [0.5, 0.6) is 0 Å². The SMILES string of the molecule is CCNC(=NCCc1nc(C)c(C)s1)NC1CC1c1c(F)cccc1F. The van der Waals surface area contributed by atoms with Gasteiger partial charge in [-0.1, -0.05) is 6.07 Å². The quantitative estimate of drug-likeness (QED) is 0.595. The number of guanidine groups is 1. The number of nitrogens with one attached hydrogen (secondary N) is 2. The summed E-state index contributed by atoms with van der Waals surface area (Å²) in [6.45, 7) is 7.42. The molecule has 2 N–H and O–H groups in total. The lowest BCUT2D eigenvalue weighted by molar-refractivity contribution is 0.553. The summed E-state index contributed by atoms with van der Waals surface area (Å²) in [4.78, 5) is 10.3. The number of aromatic nitrogens is 1. The summed E-state index contributed by atoms with van der Waals surface area (Å²) < 4.78 is 27.8. The highest BCUT2D eigenvalue weighted by Gasteiger charge is 2.42. The van der Waals surface area contributed by atoms with Gasteiger partial charge in [-0.2, -0.15) is 0 Å². The van der Waals surface area contributed by atoms with Crippen molar-refractivity contribution in [1.29, 1.82) is 0 Å². The van der Waals surface area contributed by atoms with Crippen LogP contribution in [0.15, 0.2) is 23.2 Å². The van der Waals surface area contributed by atoms with E-state index in [1.54, 1.807) is 11.3 Å². The molecule has 0 bridgehead atoms. The minimum Gasteiger partial charge on any atom is -0.357 e. The Morgan fingerprint density at radius 3 is 2.65 bits per heavy atom. The van der Waals surface area contributed by atoms with Crippen molar-refractivity contribution < 1.29 is 8.78 Å². The van der Waals surface area contributed by atoms with Crippen LogP contribution in [0.25, 0.3) is 0 Å². The zero-order valence-corrected chi connectivity index (χ0v) is 16.1. The van der Waals surface area contributed by atoms with E-state index in [2.05, 4.69) is 27.5 Å². The lowest BCUT2D eigenvalue weighted by Crippen LogP contribution is -2.39. The molecule has 1 aliphatic carbocycles. The Kier molecular flexibility index (Phi) is 5.86. The molecule has 26 heavy (non-hydrogen) atoms. The molecular weight excluding hydrogens is 354 g/mol. The van der Waals surface area contributed by atoms with Gasteiger partial charge in [-0.05, 0) is 39.3 Å². The second-order valence-corrected chi connectivity index (χ2v) is 7.78. The van der Waals surface area contributed by atoms with Gasteiger partial charge in [0.15, 0.2) is 5.96 Å². The molecule has 1 aliphatic rings. The number of benzene rings is 1. The van der Waals surface area contributed by atoms with E-state index in [9.17, 15) is 8.78 Å². The maximum Gasteiger partial charge on any atom is 0.191 e. The van der Waals surface area contributed by atoms with Crippen LogP contribution in [-0.2, 0) is 6.42 Å². The summed E-state index contributed by atoms with van der Waals surface area (Å²) in [5.41, 5.74) is 1.25. The van der Waals surface area contributed by atoms with E-state index < -0.39 is 11.6 Å². The van der Waals surface area contributed by atoms with Crippen LogP contribution < -0.4 is 10.6 Å². The highest BCUT2D eigenvalue weighted by molar-refractivity contribution is 7.11. The molecule has 1 aromatic heterocycles. The molecule has 0 radical (unpaired) electrons. The minimum absolute atomic E-state index is 0.00329. The summed E-state index contributed by atoms with van der Waals surface area (Å²) in [6.07, 6.45) is 1.49. The first-order valence-electron chi connectivity index (χ1n) is 8.91. The summed E-state index contributed by atoms with van der Waals surface area (Å²) in [5.74, 6) is -0.419. The second-order valence-electron chi connectivity index (χ2n) is 6.49. The van der Waals surface area contributed by atoms with Crippen LogP contribution in [-0.4, -0.2) is 30.1 Å². The smallest absolute Gasteiger partial charge is 0.191 e. The summed E-state index contributed by atoms with van der Waals surface area (Å²) in [5, 5.41) is 7.56. The number of rotatable bonds is 6. The first-order valence-corrected chi connectivity index (χ1v) is 9.73. The standard InChI is InChI=1S/C19H24F2N4S/c1-4-22-19(23-9-8-17-24-11(2)12(3)26-17)25-16-10-13(16)18-14(20)6-5-7-15(18)21/h5-7,13,16H,4,8-10H2,1-3H3,(H2,22,23,25). The first-order chi connectivity index (χ1) is 12.5. The van der Waals surface area contributed by atoms with Crippen molar-refractivity contribution >= 4 is 17.3 Å². The van der Waals surface area contributed by atoms with Crippen LogP contribution >= 0.6 is 11.3 Å². The predicted molar refractivity (Wildman–Crippen MR) is 102 cm³/mol. The highest BCUT2D eigenvalue weighted by Crippen LogP contribution is 2.43. The fraction of sp³-hybridized carbons (Fsp3) is 0.474. The number of aliphatic imine (C=N–C) groups is 1. The van der Waals surface area contributed by atoms with Gasteiger partial charge in [-0.15, -0.1) is 11.3 Å². The van der Waals surface area contributed by atoms with Crippen LogP contribution in [0.1, 0.15) is 40.4 Å². The fourth-order valence-corrected chi connectivity index (χ4v) is 3.87. The van der Waals surface area contributed by atoms with Crippen molar-refractivity contribution in [2.75, 3.05) is 13.1 Å². The molecule has 7 heteroatoms. The van der Waals surface area contributed by atoms with E-state index in [4.69, 9.17) is 0 Å². The van der Waals surface area contributed by atoms with E-state index in [0.717, 1.165) is 23.7 Å². The van der Waals surface area contributed by atoms with Gasteiger partial charge in [0.05, 0.1) is 10.7 Å². The van der Waals surface area contributed by atoms with Crippen molar-refractivity contribution in [3.63, 3.8) is 0 Å². The third kappa shape index (κ3) is 4.38. The maximum atomic E-state index is 13.9. The highest BCUT2D eigenvalue weighted by atomic mass is 32.1. The summed E-state index contributed by atoms with van der Waals surface area (Å²) in [7, 11) is 0. The molecule has 0 amide bonds. The van der Waals surface area contributed by atoms with Gasteiger partial charge in [0, 0.05) is 41.9 Å². The molecule has 0 aliphatic heterocycles. The number of thiazole rings is 1. The molecule has 4 nitrogen and oxygen atoms in total. The zero-order valence-electron chi connectivity index (χ0n) is 15.3. The van der Waals surface area contributed by atoms with Crippen LogP contribution in [0.2, 0.25) is 0 Å². The predicted octanol–water partition coefficient (Wildman–Crippen LogP) is 3.69. The van der Waals surface area contributed by atoms with E-state index in [0.29, 0.717) is 18.9 Å². The normalized spacial score (nSPS) is 19.5. The zero-order chi connectivity index (χ0) is 18.7. The third-order valence-electron chi connectivity index (χ3n) is 4.50. The Labute approximate surface area is 156 Å². The van der Waals surface area contributed by atoms with E-state index in [1.807, 2.05) is 13.8 Å². The molecule has 0 saturated heterocycles. The number of halogens is 2. The molecule has 1 saturated carbocycles. The first kappa shape index (κ1) is 18.8. The molecule has 0 spiro atoms. The Bertz CT molecular complexity index is 763. The minimum atomic E-state index is -0.476. The van der Waals surface area contributed by atoms with Gasteiger partial charge in [0.25, 0.3) is 0 Å². The van der Waals surface area contributed by atoms with Gasteiger partial charge < -0.3 is 10.6 Å². The van der Waals surface area contributed by atoms with Crippen LogP contribution in [0, 0.1) is 25.5 Å². The maximum absolute atomic E-state index is 13.9. The molecule has 2 unspecified atom stereocenters. The Morgan fingerprint density at radius 1 is 1.31 bits per heavy atom. The van der Waals surface area contributed by atoms with Gasteiger partial charge >= 0.3 is 0 Å². The molecule has 140 valence electrons. The van der Waals surface area contributed by atoms with Gasteiger partial charge in [-0.3, -0.25) is 4.99 Å². The third-order valence-corrected chi connectivity index (χ3v) is 5.63. The van der Waals surface area contributed by atoms with Gasteiger partial charge in [-0.25, -0.2) is 13.8 Å². The Morgan fingerprint density at radius 2 is 2.04 bits per heavy atom. The second kappa shape index (κ2) is 8.12. The number of hydrogen-bond donors (Lipinski definition) is 2. The van der Waals surface area contributed by atoms with Gasteiger partial charge in [0.1, 0.15) is 11.6 Å². The monoisotopic (exact) mass is 378 g/mol. The van der Waals surface area contributed by atoms with E-state index in [1.165, 1.54) is 23.1 Å². The molecule has 2 atom stereocenters. The number of nitrogens with zero attached hydrogens (tertiary/aromatic N) is 2. The van der Waals surface area contributed by atoms with Gasteiger partial charge in [0.2, 0.25) is 0 Å². The van der Waals surface area contributed by atoms with E-state index in [-0.39, 0.29) is 17.5 Å². The topological polar surface area (TPSA) is 49.3 Å². The average molecular weight is 378 g/mol. The molecule has 1 heterocycles. The number of aryl methyl sites for hydroxylation is 2. The molecule has 2 aromatic rings. The van der Waals surface area contributed by atoms with Crippen molar-refractivity contribution in [3.05, 3.63) is 51.0 Å². The summed E-state index contributed by atoms with van der Waals surface area (Å²) in [6, 6.07) is 4.02. The van der Waals surface area contributed by atoms with Crippen molar-refractivity contribution in [2.24, 2.45) is 4.99 Å². The Hall–Kier alpha value is -2.02. The number of hydrogen-bond acceptors (Lipinski definition) is 3. The lowest BCUT2D eigenvalue weighted by Gasteiger charge is -2.11. The van der Waals surface area contributed by atoms with Crippen LogP contribution in [0.4, 0.5) is 8.78 Å². The lowest BCUT2D eigenvalue weighted by atomic mass is 10.1. The van der Waals surface area contributed by atoms with Crippen molar-refractivity contribution in [2.45, 2.75) is 45.6 Å². The van der Waals surface area contributed by atoms with Crippen molar-refractivity contribution in [1.82, 2.24) is 15.6 Å². The Balaban J connectivity index is 1.59. The van der Waals surface area contributed by atoms with E-state index >= 15 is 0 Å². The molecule has 1 aromatic carbocycles. The average Bonchev–Trinajstić information content (AvgIpc) is 3.24. The van der Waals surface area contributed by atoms with Crippen LogP contribution in [0.3, 0.4) is 0 Å². The summed E-state index contributed by atoms with van der Waals surface area (Å²) >= 11 is 1.70. The van der Waals surface area contributed by atoms with Crippen molar-refractivity contribution in [3.8, 4) is 0 Å². The fourth-order valence-electron chi connectivity index (χ4n) is 2.94. The molecule has 1 fully saturated rings. The molecule has 3 rings (SSSR count). The largest absolute Gasteiger partial charge is 0.357 e. The molecular formula is C19H24F2N4S.